The maximum Gasteiger partial charge on any atom is -0.0623 e. The fourth-order valence-electron chi connectivity index (χ4n) is 0.385. The Morgan fingerprint density at radius 2 is 1.00 bits per heavy atom. The second kappa shape index (κ2) is 7.38. The third-order valence-electron chi connectivity index (χ3n) is 0.667. The summed E-state index contributed by atoms with van der Waals surface area (Å²) < 4.78 is 0. The van der Waals surface area contributed by atoms with Crippen LogP contribution in [0.4, 0.5) is 0 Å². The molecule has 1 aromatic rings. The summed E-state index contributed by atoms with van der Waals surface area (Å²) in [5.41, 5.74) is 0. The van der Waals surface area contributed by atoms with Crippen molar-refractivity contribution in [2.75, 3.05) is 0 Å². The standard InChI is InChI=1S/C6H6.CHO.Ni/c1-2-4-6-5-3-1;1-2;/h1-6H;1H;. The maximum atomic E-state index is 8.64. The maximum absolute atomic E-state index is 8.64. The van der Waals surface area contributed by atoms with Crippen molar-refractivity contribution in [1.29, 1.82) is 0 Å². The normalized spacial score (nSPS) is 6.89. The molecule has 0 aliphatic rings. The van der Waals surface area contributed by atoms with Gasteiger partial charge in [-0.2, -0.15) is 0 Å². The van der Waals surface area contributed by atoms with Crippen LogP contribution >= 0.6 is 0 Å². The van der Waals surface area contributed by atoms with Crippen LogP contribution < -0.4 is 0 Å². The molecular weight excluding hydrogens is 159 g/mol. The van der Waals surface area contributed by atoms with Gasteiger partial charge in [0.2, 0.25) is 0 Å². The molecule has 0 fully saturated rings. The molecule has 0 unspecified atom stereocenters. The molecule has 0 radical (unpaired) electrons. The molecule has 0 aliphatic carbocycles. The molecule has 0 heterocycles. The van der Waals surface area contributed by atoms with Crippen LogP contribution in [0.3, 0.4) is 0 Å². The number of benzene rings is 1. The molecule has 0 aromatic heterocycles. The number of hydrogen-bond donors (Lipinski definition) is 0. The zero-order valence-corrected chi connectivity index (χ0v) is 5.75. The summed E-state index contributed by atoms with van der Waals surface area (Å²) in [6.45, 7) is 0. The van der Waals surface area contributed by atoms with Crippen molar-refractivity contribution in [3.05, 3.63) is 36.4 Å². The van der Waals surface area contributed by atoms with Gasteiger partial charge in [-0.1, -0.05) is 36.4 Å². The van der Waals surface area contributed by atoms with E-state index in [0.717, 1.165) is 0 Å². The Morgan fingerprint density at radius 3 is 1.11 bits per heavy atom. The molecule has 0 atom stereocenters. The third-order valence-corrected chi connectivity index (χ3v) is 0.667. The largest absolute Gasteiger partial charge is 0.0623 e. The Labute approximate surface area is 62.5 Å². The first-order chi connectivity index (χ1) is 4.41. The Kier molecular flexibility index (Phi) is 6.88. The van der Waals surface area contributed by atoms with E-state index in [1.807, 2.05) is 36.4 Å². The minimum Gasteiger partial charge on any atom is -0.0623 e. The smallest absolute Gasteiger partial charge is 0.0623 e. The van der Waals surface area contributed by atoms with Gasteiger partial charge in [-0.15, -0.1) is 0 Å². The number of rotatable bonds is 0. The van der Waals surface area contributed by atoms with Crippen LogP contribution in [-0.2, 0) is 20.3 Å². The van der Waals surface area contributed by atoms with Crippen molar-refractivity contribution < 1.29 is 20.3 Å². The average molecular weight is 166 g/mol. The number of hydrogen-bond acceptors (Lipinski definition) is 1. The van der Waals surface area contributed by atoms with Crippen LogP contribution in [0, 0.1) is 0 Å². The van der Waals surface area contributed by atoms with Crippen LogP contribution in [0.2, 0.25) is 0 Å². The SMILES string of the molecule is O=[CH][Ni].c1ccccc1. The molecule has 0 bridgehead atoms. The summed E-state index contributed by atoms with van der Waals surface area (Å²) in [5.74, 6) is 0. The van der Waals surface area contributed by atoms with Gasteiger partial charge in [0.05, 0.1) is 0 Å². The van der Waals surface area contributed by atoms with E-state index in [0.29, 0.717) is 5.26 Å². The fourth-order valence-corrected chi connectivity index (χ4v) is 0.385. The summed E-state index contributed by atoms with van der Waals surface area (Å²) in [6.07, 6.45) is 0. The van der Waals surface area contributed by atoms with Gasteiger partial charge >= 0.3 is 25.5 Å². The van der Waals surface area contributed by atoms with E-state index < -0.39 is 0 Å². The molecule has 9 heavy (non-hydrogen) atoms. The van der Waals surface area contributed by atoms with E-state index in [2.05, 4.69) is 15.5 Å². The molecule has 0 saturated carbocycles. The first kappa shape index (κ1) is 8.38. The first-order valence-electron chi connectivity index (χ1n) is 2.42. The van der Waals surface area contributed by atoms with Crippen LogP contribution in [0.5, 0.6) is 0 Å². The average Bonchev–Trinajstić information content (AvgIpc) is 1.93. The summed E-state index contributed by atoms with van der Waals surface area (Å²) in [6, 6.07) is 12.0. The Morgan fingerprint density at radius 1 is 0.889 bits per heavy atom. The van der Waals surface area contributed by atoms with Crippen LogP contribution in [0.1, 0.15) is 0 Å². The van der Waals surface area contributed by atoms with E-state index in [-0.39, 0.29) is 0 Å². The van der Waals surface area contributed by atoms with Gasteiger partial charge in [-0.3, -0.25) is 0 Å². The van der Waals surface area contributed by atoms with Crippen molar-refractivity contribution in [3.63, 3.8) is 0 Å². The third kappa shape index (κ3) is 7.38. The van der Waals surface area contributed by atoms with Gasteiger partial charge in [0.15, 0.2) is 0 Å². The molecule has 1 nitrogen and oxygen atoms in total. The second-order valence-corrected chi connectivity index (χ2v) is 1.46. The van der Waals surface area contributed by atoms with Gasteiger partial charge in [0.25, 0.3) is 0 Å². The zero-order valence-electron chi connectivity index (χ0n) is 4.77. The van der Waals surface area contributed by atoms with Crippen LogP contribution in [0.15, 0.2) is 36.4 Å². The van der Waals surface area contributed by atoms with Gasteiger partial charge in [-0.25, -0.2) is 0 Å². The minimum absolute atomic E-state index is 0.375. The van der Waals surface area contributed by atoms with Gasteiger partial charge in [-0.05, 0) is 0 Å². The number of carbonyl (C=O) groups is 1. The molecular formula is C7H7NiO. The van der Waals surface area contributed by atoms with E-state index in [1.165, 1.54) is 0 Å². The van der Waals surface area contributed by atoms with Crippen molar-refractivity contribution in [2.24, 2.45) is 0 Å². The Bertz CT molecular complexity index is 112. The zero-order chi connectivity index (χ0) is 6.95. The Balaban J connectivity index is 0.000000187. The van der Waals surface area contributed by atoms with Crippen molar-refractivity contribution in [1.82, 2.24) is 0 Å². The number of carbonyl (C=O) groups excluding carboxylic acids is 1. The Hall–Kier alpha value is -0.616. The summed E-state index contributed by atoms with van der Waals surface area (Å²) >= 11 is 3.49. The summed E-state index contributed by atoms with van der Waals surface area (Å²) in [5, 5.41) is 0.375. The van der Waals surface area contributed by atoms with Gasteiger partial charge < -0.3 is 0 Å². The molecule has 2 heteroatoms. The minimum atomic E-state index is 0.375. The van der Waals surface area contributed by atoms with Gasteiger partial charge in [0, 0.05) is 0 Å². The van der Waals surface area contributed by atoms with Crippen molar-refractivity contribution >= 4 is 5.26 Å². The van der Waals surface area contributed by atoms with E-state index in [9.17, 15) is 0 Å². The molecule has 1 aromatic carbocycles. The quantitative estimate of drug-likeness (QED) is 0.420. The predicted molar refractivity (Wildman–Crippen MR) is 33.2 cm³/mol. The van der Waals surface area contributed by atoms with Crippen molar-refractivity contribution in [3.8, 4) is 0 Å². The first-order valence-corrected chi connectivity index (χ1v) is 2.99. The predicted octanol–water partition coefficient (Wildman–Crippen LogP) is 1.41. The monoisotopic (exact) mass is 165 g/mol. The summed E-state index contributed by atoms with van der Waals surface area (Å²) in [7, 11) is 0. The van der Waals surface area contributed by atoms with E-state index >= 15 is 0 Å². The molecule has 0 amide bonds. The molecule has 0 spiro atoms. The molecule has 0 saturated heterocycles. The summed E-state index contributed by atoms with van der Waals surface area (Å²) in [4.78, 5) is 8.64. The van der Waals surface area contributed by atoms with E-state index in [1.54, 1.807) is 0 Å². The molecule has 51 valence electrons. The molecule has 1 rings (SSSR count). The van der Waals surface area contributed by atoms with Gasteiger partial charge in [0.1, 0.15) is 0 Å². The van der Waals surface area contributed by atoms with Crippen LogP contribution in [-0.4, -0.2) is 5.26 Å². The topological polar surface area (TPSA) is 17.1 Å². The second-order valence-electron chi connectivity index (χ2n) is 1.23. The van der Waals surface area contributed by atoms with Crippen LogP contribution in [0.25, 0.3) is 0 Å². The van der Waals surface area contributed by atoms with Crippen molar-refractivity contribution in [2.45, 2.75) is 0 Å². The molecule has 0 aliphatic heterocycles. The molecule has 0 N–H and O–H groups in total. The fraction of sp³-hybridized carbons (Fsp3) is 0. The van der Waals surface area contributed by atoms with E-state index in [4.69, 9.17) is 4.79 Å².